The molecule has 0 radical (unpaired) electrons. The fraction of sp³-hybridized carbons (Fsp3) is 0.600. The van der Waals surface area contributed by atoms with Crippen LogP contribution in [0.15, 0.2) is 21.8 Å². The summed E-state index contributed by atoms with van der Waals surface area (Å²) >= 11 is 0. The highest BCUT2D eigenvalue weighted by Gasteiger charge is 2.55. The van der Waals surface area contributed by atoms with Gasteiger partial charge in [-0.1, -0.05) is 0 Å². The first kappa shape index (κ1) is 17.9. The van der Waals surface area contributed by atoms with E-state index in [1.165, 1.54) is 25.1 Å². The Hall–Kier alpha value is -1.91. The van der Waals surface area contributed by atoms with Crippen molar-refractivity contribution in [2.75, 3.05) is 40.4 Å². The molecule has 0 unspecified atom stereocenters. The molecule has 0 aliphatic carbocycles. The van der Waals surface area contributed by atoms with Crippen LogP contribution in [-0.2, 0) is 19.6 Å². The van der Waals surface area contributed by atoms with E-state index in [-0.39, 0.29) is 29.7 Å². The topological polar surface area (TPSA) is 117 Å². The lowest BCUT2D eigenvalue weighted by atomic mass is 9.74. The minimum Gasteiger partial charge on any atom is -0.481 e. The number of hydrogen-bond donors (Lipinski definition) is 1. The second-order valence-corrected chi connectivity index (χ2v) is 8.69. The van der Waals surface area contributed by atoms with Gasteiger partial charge in [-0.05, 0) is 6.42 Å². The standard InChI is InChI=1S/C15H20N2O7S/c1-16(2)25(21,22)12-5-10(7-24-12)13(18)17-6-11-8-23-4-3-15(11,9-17)14(19)20/h5,7,11H,3-4,6,8-9H2,1-2H3,(H,19,20)/t11-,15+/m0/s1. The van der Waals surface area contributed by atoms with E-state index in [2.05, 4.69) is 0 Å². The van der Waals surface area contributed by atoms with Crippen molar-refractivity contribution in [1.82, 2.24) is 9.21 Å². The van der Waals surface area contributed by atoms with Crippen LogP contribution in [0.1, 0.15) is 16.8 Å². The lowest BCUT2D eigenvalue weighted by Gasteiger charge is -2.33. The molecule has 0 saturated carbocycles. The van der Waals surface area contributed by atoms with Gasteiger partial charge in [0.2, 0.25) is 5.09 Å². The van der Waals surface area contributed by atoms with E-state index in [1.54, 1.807) is 0 Å². The van der Waals surface area contributed by atoms with Crippen LogP contribution in [-0.4, -0.2) is 75.0 Å². The van der Waals surface area contributed by atoms with Crippen molar-refractivity contribution >= 4 is 21.9 Å². The Morgan fingerprint density at radius 3 is 2.72 bits per heavy atom. The summed E-state index contributed by atoms with van der Waals surface area (Å²) in [7, 11) is -1.05. The van der Waals surface area contributed by atoms with Gasteiger partial charge in [0.25, 0.3) is 15.9 Å². The Morgan fingerprint density at radius 2 is 2.12 bits per heavy atom. The molecule has 2 aliphatic rings. The minimum atomic E-state index is -3.78. The molecule has 2 atom stereocenters. The van der Waals surface area contributed by atoms with E-state index in [1.807, 2.05) is 0 Å². The van der Waals surface area contributed by atoms with Crippen LogP contribution >= 0.6 is 0 Å². The third kappa shape index (κ3) is 2.83. The normalized spacial score (nSPS) is 26.7. The van der Waals surface area contributed by atoms with Crippen LogP contribution in [0.5, 0.6) is 0 Å². The van der Waals surface area contributed by atoms with Gasteiger partial charge < -0.3 is 19.2 Å². The molecule has 138 valence electrons. The maximum Gasteiger partial charge on any atom is 0.311 e. The zero-order chi connectivity index (χ0) is 18.4. The number of nitrogens with zero attached hydrogens (tertiary/aromatic N) is 2. The summed E-state index contributed by atoms with van der Waals surface area (Å²) < 4.78 is 35.5. The van der Waals surface area contributed by atoms with Crippen molar-refractivity contribution < 1.29 is 32.3 Å². The summed E-state index contributed by atoms with van der Waals surface area (Å²) in [6, 6.07) is 1.17. The number of hydrogen-bond acceptors (Lipinski definition) is 6. The molecule has 2 saturated heterocycles. The molecule has 1 N–H and O–H groups in total. The summed E-state index contributed by atoms with van der Waals surface area (Å²) in [4.78, 5) is 25.9. The van der Waals surface area contributed by atoms with Gasteiger partial charge in [0, 0.05) is 45.8 Å². The van der Waals surface area contributed by atoms with Crippen molar-refractivity contribution in [3.63, 3.8) is 0 Å². The molecule has 2 fully saturated rings. The number of aliphatic carboxylic acids is 1. The molecule has 3 heterocycles. The number of carboxylic acids is 1. The van der Waals surface area contributed by atoms with Gasteiger partial charge in [0.1, 0.15) is 6.26 Å². The first-order valence-corrected chi connectivity index (χ1v) is 9.24. The third-order valence-electron chi connectivity index (χ3n) is 4.98. The number of ether oxygens (including phenoxy) is 1. The fourth-order valence-corrected chi connectivity index (χ4v) is 4.19. The zero-order valence-corrected chi connectivity index (χ0v) is 14.8. The first-order chi connectivity index (χ1) is 11.7. The average Bonchev–Trinajstić information content (AvgIpc) is 3.19. The second-order valence-electron chi connectivity index (χ2n) is 6.61. The van der Waals surface area contributed by atoms with Crippen LogP contribution in [0, 0.1) is 11.3 Å². The summed E-state index contributed by atoms with van der Waals surface area (Å²) in [5.41, 5.74) is -0.920. The van der Waals surface area contributed by atoms with Crippen molar-refractivity contribution in [2.24, 2.45) is 11.3 Å². The van der Waals surface area contributed by atoms with Gasteiger partial charge in [-0.3, -0.25) is 9.59 Å². The van der Waals surface area contributed by atoms with Gasteiger partial charge in [-0.2, -0.15) is 0 Å². The highest BCUT2D eigenvalue weighted by atomic mass is 32.2. The van der Waals surface area contributed by atoms with Gasteiger partial charge in [0.05, 0.1) is 17.6 Å². The molecular formula is C15H20N2O7S. The van der Waals surface area contributed by atoms with Crippen LogP contribution in [0.25, 0.3) is 0 Å². The molecule has 10 heteroatoms. The number of carboxylic acid groups (broad SMARTS) is 1. The van der Waals surface area contributed by atoms with Crippen LogP contribution in [0.2, 0.25) is 0 Å². The van der Waals surface area contributed by atoms with E-state index >= 15 is 0 Å². The fourth-order valence-electron chi connectivity index (χ4n) is 3.38. The van der Waals surface area contributed by atoms with E-state index < -0.39 is 27.3 Å². The minimum absolute atomic E-state index is 0.0795. The molecule has 1 amide bonds. The van der Waals surface area contributed by atoms with Crippen molar-refractivity contribution in [2.45, 2.75) is 11.5 Å². The van der Waals surface area contributed by atoms with Crippen molar-refractivity contribution in [1.29, 1.82) is 0 Å². The molecule has 1 aromatic heterocycles. The van der Waals surface area contributed by atoms with Crippen LogP contribution in [0.3, 0.4) is 0 Å². The zero-order valence-electron chi connectivity index (χ0n) is 14.0. The smallest absolute Gasteiger partial charge is 0.311 e. The Morgan fingerprint density at radius 1 is 1.40 bits per heavy atom. The Kier molecular flexibility index (Phi) is 4.38. The number of amides is 1. The van der Waals surface area contributed by atoms with E-state index in [0.717, 1.165) is 10.6 Å². The highest BCUT2D eigenvalue weighted by molar-refractivity contribution is 7.88. The van der Waals surface area contributed by atoms with Gasteiger partial charge >= 0.3 is 5.97 Å². The number of sulfonamides is 1. The first-order valence-electron chi connectivity index (χ1n) is 7.80. The number of carbonyl (C=O) groups excluding carboxylic acids is 1. The van der Waals surface area contributed by atoms with E-state index in [9.17, 15) is 23.1 Å². The summed E-state index contributed by atoms with van der Waals surface area (Å²) in [6.45, 7) is 0.978. The highest BCUT2D eigenvalue weighted by Crippen LogP contribution is 2.42. The maximum absolute atomic E-state index is 12.7. The monoisotopic (exact) mass is 372 g/mol. The number of furan rings is 1. The molecule has 25 heavy (non-hydrogen) atoms. The second kappa shape index (κ2) is 6.11. The van der Waals surface area contributed by atoms with Gasteiger partial charge in [-0.15, -0.1) is 0 Å². The quantitative estimate of drug-likeness (QED) is 0.796. The van der Waals surface area contributed by atoms with Crippen LogP contribution in [0.4, 0.5) is 0 Å². The van der Waals surface area contributed by atoms with E-state index in [0.29, 0.717) is 19.6 Å². The number of rotatable bonds is 4. The molecule has 0 bridgehead atoms. The predicted octanol–water partition coefficient (Wildman–Crippen LogP) is 0.0932. The largest absolute Gasteiger partial charge is 0.481 e. The Labute approximate surface area is 145 Å². The van der Waals surface area contributed by atoms with E-state index in [4.69, 9.17) is 9.15 Å². The average molecular weight is 372 g/mol. The summed E-state index contributed by atoms with van der Waals surface area (Å²) in [6.07, 6.45) is 1.44. The summed E-state index contributed by atoms with van der Waals surface area (Å²) in [5.74, 6) is -1.65. The molecule has 2 aliphatic heterocycles. The molecule has 1 aromatic rings. The van der Waals surface area contributed by atoms with Gasteiger partial charge in [0.15, 0.2) is 0 Å². The number of fused-ring (bicyclic) bond motifs is 1. The number of carbonyl (C=O) groups is 2. The van der Waals surface area contributed by atoms with Gasteiger partial charge in [-0.25, -0.2) is 12.7 Å². The molecule has 9 nitrogen and oxygen atoms in total. The third-order valence-corrected chi connectivity index (χ3v) is 6.66. The summed E-state index contributed by atoms with van der Waals surface area (Å²) in [5, 5.41) is 9.32. The maximum atomic E-state index is 12.7. The Bertz CT molecular complexity index is 801. The predicted molar refractivity (Wildman–Crippen MR) is 84.5 cm³/mol. The molecular weight excluding hydrogens is 352 g/mol. The molecule has 0 spiro atoms. The number of likely N-dealkylation sites (tertiary alicyclic amines) is 1. The molecule has 0 aromatic carbocycles. The SMILES string of the molecule is CN(C)S(=O)(=O)c1cc(C(=O)N2C[C@H]3COCC[C@@]3(C(=O)O)C2)co1. The Balaban J connectivity index is 1.83. The van der Waals surface area contributed by atoms with Crippen molar-refractivity contribution in [3.05, 3.63) is 17.9 Å². The van der Waals surface area contributed by atoms with Crippen LogP contribution < -0.4 is 0 Å². The molecule has 3 rings (SSSR count). The lowest BCUT2D eigenvalue weighted by molar-refractivity contribution is -0.157. The van der Waals surface area contributed by atoms with Crippen molar-refractivity contribution in [3.8, 4) is 0 Å². The lowest BCUT2D eigenvalue weighted by Crippen LogP contribution is -2.45.